The van der Waals surface area contributed by atoms with Crippen LogP contribution < -0.4 is 15.4 Å². The number of piperazine rings is 1. The van der Waals surface area contributed by atoms with Crippen molar-refractivity contribution < 1.29 is 4.74 Å². The van der Waals surface area contributed by atoms with Crippen LogP contribution in [-0.2, 0) is 0 Å². The molecule has 4 heteroatoms. The van der Waals surface area contributed by atoms with E-state index in [1.807, 2.05) is 12.1 Å². The van der Waals surface area contributed by atoms with Crippen molar-refractivity contribution in [3.8, 4) is 5.75 Å². The van der Waals surface area contributed by atoms with Crippen molar-refractivity contribution >= 4 is 5.69 Å². The minimum Gasteiger partial charge on any atom is -0.497 e. The van der Waals surface area contributed by atoms with Gasteiger partial charge in [0.15, 0.2) is 0 Å². The Bertz CT molecular complexity index is 383. The highest BCUT2D eigenvalue weighted by Crippen LogP contribution is 2.19. The van der Waals surface area contributed by atoms with Crippen molar-refractivity contribution in [2.45, 2.75) is 19.4 Å². The van der Waals surface area contributed by atoms with Crippen LogP contribution in [0.1, 0.15) is 13.8 Å². The fraction of sp³-hybridized carbons (Fsp3) is 0.600. The summed E-state index contributed by atoms with van der Waals surface area (Å²) in [7, 11) is 1.69. The third kappa shape index (κ3) is 3.85. The fourth-order valence-corrected chi connectivity index (χ4v) is 2.41. The van der Waals surface area contributed by atoms with Gasteiger partial charge >= 0.3 is 0 Å². The zero-order valence-corrected chi connectivity index (χ0v) is 12.2. The van der Waals surface area contributed by atoms with E-state index in [1.54, 1.807) is 7.11 Å². The predicted molar refractivity (Wildman–Crippen MR) is 80.0 cm³/mol. The maximum Gasteiger partial charge on any atom is 0.119 e. The third-order valence-corrected chi connectivity index (χ3v) is 3.79. The zero-order chi connectivity index (χ0) is 13.7. The molecule has 1 aromatic carbocycles. The van der Waals surface area contributed by atoms with Crippen LogP contribution in [0.5, 0.6) is 5.75 Å². The van der Waals surface area contributed by atoms with Crippen molar-refractivity contribution in [2.24, 2.45) is 0 Å². The number of ether oxygens (including phenoxy) is 1. The van der Waals surface area contributed by atoms with E-state index in [1.165, 1.54) is 0 Å². The van der Waals surface area contributed by atoms with Crippen LogP contribution in [0.4, 0.5) is 5.69 Å². The van der Waals surface area contributed by atoms with E-state index in [0.29, 0.717) is 0 Å². The lowest BCUT2D eigenvalue weighted by Crippen LogP contribution is -2.56. The zero-order valence-electron chi connectivity index (χ0n) is 12.2. The summed E-state index contributed by atoms with van der Waals surface area (Å²) in [6.07, 6.45) is 0. The van der Waals surface area contributed by atoms with E-state index in [-0.39, 0.29) is 5.54 Å². The second-order valence-corrected chi connectivity index (χ2v) is 5.63. The first-order valence-corrected chi connectivity index (χ1v) is 6.95. The van der Waals surface area contributed by atoms with Gasteiger partial charge in [0, 0.05) is 44.0 Å². The van der Waals surface area contributed by atoms with Crippen molar-refractivity contribution in [2.75, 3.05) is 45.2 Å². The molecule has 1 heterocycles. The van der Waals surface area contributed by atoms with Crippen LogP contribution in [0.2, 0.25) is 0 Å². The molecular weight excluding hydrogens is 238 g/mol. The van der Waals surface area contributed by atoms with E-state index >= 15 is 0 Å². The van der Waals surface area contributed by atoms with Gasteiger partial charge in [-0.15, -0.1) is 0 Å². The first-order chi connectivity index (χ1) is 9.12. The van der Waals surface area contributed by atoms with Crippen LogP contribution in [0.15, 0.2) is 24.3 Å². The normalized spacial score (nSPS) is 17.2. The number of rotatable bonds is 5. The van der Waals surface area contributed by atoms with E-state index < -0.39 is 0 Å². The molecule has 106 valence electrons. The molecule has 1 aliphatic rings. The number of methoxy groups -OCH3 is 1. The first-order valence-electron chi connectivity index (χ1n) is 6.95. The number of anilines is 1. The smallest absolute Gasteiger partial charge is 0.119 e. The van der Waals surface area contributed by atoms with Gasteiger partial charge in [-0.2, -0.15) is 0 Å². The van der Waals surface area contributed by atoms with Crippen molar-refractivity contribution in [3.63, 3.8) is 0 Å². The Morgan fingerprint density at radius 1 is 1.21 bits per heavy atom. The summed E-state index contributed by atoms with van der Waals surface area (Å²) in [6.45, 7) is 9.97. The van der Waals surface area contributed by atoms with Crippen LogP contribution in [0.3, 0.4) is 0 Å². The third-order valence-electron chi connectivity index (χ3n) is 3.79. The number of nitrogens with zero attached hydrogens (tertiary/aromatic N) is 1. The molecule has 19 heavy (non-hydrogen) atoms. The molecule has 1 aliphatic heterocycles. The second kappa shape index (κ2) is 6.26. The molecule has 2 rings (SSSR count). The minimum absolute atomic E-state index is 0.169. The standard InChI is InChI=1S/C15H25N3O/c1-15(2,18-10-8-16-9-11-18)12-17-13-4-6-14(19-3)7-5-13/h4-7,16-17H,8-12H2,1-3H3. The molecule has 0 unspecified atom stereocenters. The summed E-state index contributed by atoms with van der Waals surface area (Å²) < 4.78 is 5.17. The molecule has 1 fully saturated rings. The Morgan fingerprint density at radius 3 is 2.42 bits per heavy atom. The van der Waals surface area contributed by atoms with Crippen molar-refractivity contribution in [1.29, 1.82) is 0 Å². The van der Waals surface area contributed by atoms with Crippen LogP contribution >= 0.6 is 0 Å². The highest BCUT2D eigenvalue weighted by atomic mass is 16.5. The van der Waals surface area contributed by atoms with Gasteiger partial charge in [0.05, 0.1) is 7.11 Å². The Labute approximate surface area is 116 Å². The molecule has 0 bridgehead atoms. The molecule has 4 nitrogen and oxygen atoms in total. The highest BCUT2D eigenvalue weighted by molar-refractivity contribution is 5.46. The molecule has 0 aliphatic carbocycles. The lowest BCUT2D eigenvalue weighted by atomic mass is 10.0. The summed E-state index contributed by atoms with van der Waals surface area (Å²) in [5.74, 6) is 0.895. The predicted octanol–water partition coefficient (Wildman–Crippen LogP) is 1.79. The van der Waals surface area contributed by atoms with Gasteiger partial charge in [-0.05, 0) is 38.1 Å². The molecule has 0 atom stereocenters. The molecule has 0 amide bonds. The molecule has 1 aromatic rings. The van der Waals surface area contributed by atoms with Gasteiger partial charge in [0.1, 0.15) is 5.75 Å². The highest BCUT2D eigenvalue weighted by Gasteiger charge is 2.27. The molecule has 0 spiro atoms. The molecule has 0 saturated carbocycles. The SMILES string of the molecule is COc1ccc(NCC(C)(C)N2CCNCC2)cc1. The van der Waals surface area contributed by atoms with E-state index in [0.717, 1.165) is 44.2 Å². The molecule has 2 N–H and O–H groups in total. The number of hydrogen-bond acceptors (Lipinski definition) is 4. The lowest BCUT2D eigenvalue weighted by Gasteiger charge is -2.41. The lowest BCUT2D eigenvalue weighted by molar-refractivity contribution is 0.114. The van der Waals surface area contributed by atoms with Crippen molar-refractivity contribution in [3.05, 3.63) is 24.3 Å². The average molecular weight is 263 g/mol. The topological polar surface area (TPSA) is 36.5 Å². The fourth-order valence-electron chi connectivity index (χ4n) is 2.41. The Hall–Kier alpha value is -1.26. The minimum atomic E-state index is 0.169. The van der Waals surface area contributed by atoms with Gasteiger partial charge in [0.25, 0.3) is 0 Å². The largest absolute Gasteiger partial charge is 0.497 e. The monoisotopic (exact) mass is 263 g/mol. The number of hydrogen-bond donors (Lipinski definition) is 2. The van der Waals surface area contributed by atoms with Gasteiger partial charge < -0.3 is 15.4 Å². The van der Waals surface area contributed by atoms with Crippen LogP contribution in [-0.4, -0.2) is 50.3 Å². The summed E-state index contributed by atoms with van der Waals surface area (Å²) in [5.41, 5.74) is 1.31. The average Bonchev–Trinajstić information content (AvgIpc) is 2.47. The van der Waals surface area contributed by atoms with E-state index in [9.17, 15) is 0 Å². The van der Waals surface area contributed by atoms with E-state index in [2.05, 4.69) is 41.5 Å². The van der Waals surface area contributed by atoms with Crippen LogP contribution in [0, 0.1) is 0 Å². The van der Waals surface area contributed by atoms with Crippen LogP contribution in [0.25, 0.3) is 0 Å². The van der Waals surface area contributed by atoms with Gasteiger partial charge in [-0.3, -0.25) is 4.90 Å². The second-order valence-electron chi connectivity index (χ2n) is 5.63. The Balaban J connectivity index is 1.88. The molecule has 1 saturated heterocycles. The molecule has 0 radical (unpaired) electrons. The van der Waals surface area contributed by atoms with Gasteiger partial charge in [-0.25, -0.2) is 0 Å². The maximum absolute atomic E-state index is 5.17. The number of benzene rings is 1. The Morgan fingerprint density at radius 2 is 1.84 bits per heavy atom. The summed E-state index contributed by atoms with van der Waals surface area (Å²) >= 11 is 0. The maximum atomic E-state index is 5.17. The van der Waals surface area contributed by atoms with E-state index in [4.69, 9.17) is 4.74 Å². The summed E-state index contributed by atoms with van der Waals surface area (Å²) in [4.78, 5) is 2.54. The van der Waals surface area contributed by atoms with Gasteiger partial charge in [-0.1, -0.05) is 0 Å². The molecule has 0 aromatic heterocycles. The Kier molecular flexibility index (Phi) is 4.66. The number of nitrogens with one attached hydrogen (secondary N) is 2. The van der Waals surface area contributed by atoms with Crippen molar-refractivity contribution in [1.82, 2.24) is 10.2 Å². The first kappa shape index (κ1) is 14.2. The quantitative estimate of drug-likeness (QED) is 0.849. The summed E-state index contributed by atoms with van der Waals surface area (Å²) in [6, 6.07) is 8.10. The summed E-state index contributed by atoms with van der Waals surface area (Å²) in [5, 5.41) is 6.91. The van der Waals surface area contributed by atoms with Gasteiger partial charge in [0.2, 0.25) is 0 Å². The molecular formula is C15H25N3O.